The second-order valence-corrected chi connectivity index (χ2v) is 10.1. The number of rotatable bonds is 5. The fourth-order valence-electron chi connectivity index (χ4n) is 6.92. The number of ketones is 1. The van der Waals surface area contributed by atoms with E-state index in [0.29, 0.717) is 42.3 Å². The molecule has 0 saturated heterocycles. The van der Waals surface area contributed by atoms with Gasteiger partial charge in [0.1, 0.15) is 5.78 Å². The molecule has 3 aliphatic rings. The number of Topliss-reactive ketones (excluding diaryl/α,β-unsaturated/α-hetero) is 1. The first-order chi connectivity index (χ1) is 13.9. The molecule has 3 unspecified atom stereocenters. The zero-order valence-corrected chi connectivity index (χ0v) is 18.8. The number of carbonyl (C=O) groups is 2. The zero-order chi connectivity index (χ0) is 20.8. The Balaban J connectivity index is 1.57. The highest BCUT2D eigenvalue weighted by Crippen LogP contribution is 2.62. The Hall–Kier alpha value is -1.35. The molecular formula is C25H34ClNO2. The van der Waals surface area contributed by atoms with Crippen LogP contribution >= 0.6 is 11.6 Å². The predicted molar refractivity (Wildman–Crippen MR) is 117 cm³/mol. The van der Waals surface area contributed by atoms with E-state index >= 15 is 0 Å². The van der Waals surface area contributed by atoms with Gasteiger partial charge in [0.25, 0.3) is 0 Å². The van der Waals surface area contributed by atoms with E-state index in [4.69, 9.17) is 11.6 Å². The number of carbonyl (C=O) groups excluding carboxylic acids is 2. The van der Waals surface area contributed by atoms with Crippen LogP contribution in [0.3, 0.4) is 0 Å². The van der Waals surface area contributed by atoms with Gasteiger partial charge in [-0.3, -0.25) is 9.59 Å². The molecule has 1 amide bonds. The van der Waals surface area contributed by atoms with Crippen molar-refractivity contribution in [3.05, 3.63) is 34.3 Å². The van der Waals surface area contributed by atoms with E-state index in [0.717, 1.165) is 50.2 Å². The Bertz CT molecular complexity index is 802. The number of aryl methyl sites for hydroxylation is 1. The molecule has 3 nitrogen and oxygen atoms in total. The van der Waals surface area contributed by atoms with Gasteiger partial charge in [-0.25, -0.2) is 0 Å². The molecule has 0 aromatic heterocycles. The van der Waals surface area contributed by atoms with Gasteiger partial charge in [0.15, 0.2) is 0 Å². The molecular weight excluding hydrogens is 382 g/mol. The van der Waals surface area contributed by atoms with Gasteiger partial charge in [0.2, 0.25) is 5.91 Å². The zero-order valence-electron chi connectivity index (χ0n) is 18.0. The maximum atomic E-state index is 13.1. The molecule has 0 spiro atoms. The molecule has 2 fully saturated rings. The lowest BCUT2D eigenvalue weighted by Gasteiger charge is -2.50. The lowest BCUT2D eigenvalue weighted by molar-refractivity contribution is -0.131. The minimum absolute atomic E-state index is 0.186. The van der Waals surface area contributed by atoms with E-state index in [1.54, 1.807) is 0 Å². The maximum absolute atomic E-state index is 13.1. The summed E-state index contributed by atoms with van der Waals surface area (Å²) in [5.74, 6) is 2.56. The van der Waals surface area contributed by atoms with Gasteiger partial charge in [-0.1, -0.05) is 24.6 Å². The standard InChI is InChI=1S/C25H34ClNO2/c1-4-27(5-2)23(29)11-7-17-15-22(28)25(3)13-12-20-19-10-8-18(26)14-16(19)6-9-21(20)24(17)25/h8,10,14,17,20-21,24H,4-7,9,11-13,15H2,1-3H3/t17-,20?,21?,24?,25-/m1/s1. The first-order valence-electron chi connectivity index (χ1n) is 11.5. The van der Waals surface area contributed by atoms with Crippen molar-refractivity contribution in [2.75, 3.05) is 13.1 Å². The van der Waals surface area contributed by atoms with Crippen LogP contribution in [0.25, 0.3) is 0 Å². The molecule has 29 heavy (non-hydrogen) atoms. The third-order valence-electron chi connectivity index (χ3n) is 8.38. The fourth-order valence-corrected chi connectivity index (χ4v) is 7.11. The molecule has 4 heteroatoms. The number of fused-ring (bicyclic) bond motifs is 5. The molecule has 158 valence electrons. The monoisotopic (exact) mass is 415 g/mol. The van der Waals surface area contributed by atoms with Crippen molar-refractivity contribution in [3.8, 4) is 0 Å². The quantitative estimate of drug-likeness (QED) is 0.624. The lowest BCUT2D eigenvalue weighted by Crippen LogP contribution is -2.44. The first-order valence-corrected chi connectivity index (χ1v) is 11.9. The van der Waals surface area contributed by atoms with Crippen molar-refractivity contribution in [2.45, 2.75) is 71.6 Å². The summed E-state index contributed by atoms with van der Waals surface area (Å²) < 4.78 is 0. The summed E-state index contributed by atoms with van der Waals surface area (Å²) in [5.41, 5.74) is 2.68. The van der Waals surface area contributed by atoms with Crippen molar-refractivity contribution in [3.63, 3.8) is 0 Å². The van der Waals surface area contributed by atoms with Crippen molar-refractivity contribution in [2.24, 2.45) is 23.2 Å². The number of halogens is 1. The van der Waals surface area contributed by atoms with E-state index < -0.39 is 0 Å². The van der Waals surface area contributed by atoms with Crippen molar-refractivity contribution < 1.29 is 9.59 Å². The first kappa shape index (κ1) is 20.9. The van der Waals surface area contributed by atoms with Crippen LogP contribution in [-0.2, 0) is 16.0 Å². The van der Waals surface area contributed by atoms with Gasteiger partial charge in [-0.05, 0) is 92.9 Å². The molecule has 0 N–H and O–H groups in total. The second-order valence-electron chi connectivity index (χ2n) is 9.63. The largest absolute Gasteiger partial charge is 0.343 e. The van der Waals surface area contributed by atoms with E-state index in [-0.39, 0.29) is 11.3 Å². The van der Waals surface area contributed by atoms with Crippen LogP contribution in [0.1, 0.15) is 76.3 Å². The third-order valence-corrected chi connectivity index (χ3v) is 8.61. The molecule has 0 radical (unpaired) electrons. The van der Waals surface area contributed by atoms with Crippen molar-refractivity contribution in [1.29, 1.82) is 0 Å². The van der Waals surface area contributed by atoms with E-state index in [9.17, 15) is 9.59 Å². The molecule has 1 aromatic rings. The van der Waals surface area contributed by atoms with Crippen molar-refractivity contribution in [1.82, 2.24) is 4.90 Å². The highest BCUT2D eigenvalue weighted by Gasteiger charge is 2.58. The highest BCUT2D eigenvalue weighted by atomic mass is 35.5. The van der Waals surface area contributed by atoms with Gasteiger partial charge >= 0.3 is 0 Å². The minimum Gasteiger partial charge on any atom is -0.343 e. The lowest BCUT2D eigenvalue weighted by atomic mass is 9.54. The molecule has 1 aromatic carbocycles. The molecule has 4 rings (SSSR count). The summed E-state index contributed by atoms with van der Waals surface area (Å²) in [5, 5.41) is 0.826. The number of benzene rings is 1. The average molecular weight is 416 g/mol. The number of hydrogen-bond donors (Lipinski definition) is 0. The van der Waals surface area contributed by atoms with E-state index in [1.807, 2.05) is 24.8 Å². The SMILES string of the molecule is CCN(CC)C(=O)CC[C@@H]1CC(=O)[C@@]2(C)CCC3c4ccc(Cl)cc4CCC3C12. The number of amides is 1. The number of hydrogen-bond acceptors (Lipinski definition) is 2. The smallest absolute Gasteiger partial charge is 0.222 e. The Morgan fingerprint density at radius 3 is 2.72 bits per heavy atom. The van der Waals surface area contributed by atoms with Crippen LogP contribution in [-0.4, -0.2) is 29.7 Å². The summed E-state index contributed by atoms with van der Waals surface area (Å²) in [6.07, 6.45) is 6.40. The van der Waals surface area contributed by atoms with Gasteiger partial charge in [-0.15, -0.1) is 0 Å². The van der Waals surface area contributed by atoms with Crippen LogP contribution in [0.15, 0.2) is 18.2 Å². The Morgan fingerprint density at radius 2 is 2.00 bits per heavy atom. The van der Waals surface area contributed by atoms with E-state index in [2.05, 4.69) is 19.1 Å². The predicted octanol–water partition coefficient (Wildman–Crippen LogP) is 5.64. The molecule has 0 bridgehead atoms. The summed E-state index contributed by atoms with van der Waals surface area (Å²) in [7, 11) is 0. The highest BCUT2D eigenvalue weighted by molar-refractivity contribution is 6.30. The molecule has 0 aliphatic heterocycles. The van der Waals surface area contributed by atoms with Crippen LogP contribution in [0.2, 0.25) is 5.02 Å². The average Bonchev–Trinajstić information content (AvgIpc) is 2.97. The maximum Gasteiger partial charge on any atom is 0.222 e. The number of nitrogens with zero attached hydrogens (tertiary/aromatic N) is 1. The van der Waals surface area contributed by atoms with Gasteiger partial charge < -0.3 is 4.90 Å². The van der Waals surface area contributed by atoms with Crippen LogP contribution in [0.5, 0.6) is 0 Å². The minimum atomic E-state index is -0.186. The Kier molecular flexibility index (Phi) is 5.81. The third kappa shape index (κ3) is 3.54. The normalized spacial score (nSPS) is 33.0. The molecule has 0 heterocycles. The summed E-state index contributed by atoms with van der Waals surface area (Å²) >= 11 is 6.25. The van der Waals surface area contributed by atoms with Crippen molar-refractivity contribution >= 4 is 23.3 Å². The van der Waals surface area contributed by atoms with Crippen LogP contribution in [0, 0.1) is 23.2 Å². The molecule has 3 aliphatic carbocycles. The topological polar surface area (TPSA) is 37.4 Å². The van der Waals surface area contributed by atoms with Crippen LogP contribution < -0.4 is 0 Å². The summed E-state index contributed by atoms with van der Waals surface area (Å²) in [4.78, 5) is 27.6. The fraction of sp³-hybridized carbons (Fsp3) is 0.680. The Morgan fingerprint density at radius 1 is 1.24 bits per heavy atom. The molecule has 2 saturated carbocycles. The Labute approximate surface area is 180 Å². The molecule has 5 atom stereocenters. The van der Waals surface area contributed by atoms with Gasteiger partial charge in [0, 0.05) is 36.4 Å². The van der Waals surface area contributed by atoms with Crippen LogP contribution in [0.4, 0.5) is 0 Å². The summed E-state index contributed by atoms with van der Waals surface area (Å²) in [6.45, 7) is 7.83. The van der Waals surface area contributed by atoms with E-state index in [1.165, 1.54) is 11.1 Å². The second kappa shape index (κ2) is 8.06. The van der Waals surface area contributed by atoms with Gasteiger partial charge in [-0.2, -0.15) is 0 Å². The van der Waals surface area contributed by atoms with Gasteiger partial charge in [0.05, 0.1) is 0 Å². The summed E-state index contributed by atoms with van der Waals surface area (Å²) in [6, 6.07) is 6.39.